The lowest BCUT2D eigenvalue weighted by atomic mass is 9.84. The van der Waals surface area contributed by atoms with Gasteiger partial charge in [-0.05, 0) is 29.9 Å². The number of benzene rings is 1. The molecule has 8 heteroatoms. The molecule has 1 aliphatic heterocycles. The third kappa shape index (κ3) is 6.39. The van der Waals surface area contributed by atoms with E-state index in [0.717, 1.165) is 21.7 Å². The van der Waals surface area contributed by atoms with E-state index in [1.807, 2.05) is 50.5 Å². The standard InChI is InChI=1S/C25H38N4O3S/c1-15(2)28-22(25(4,5)6)24(32)29-13-19(30)11-20(29)23(31)26-12-17-7-9-18(10-8-17)21-16(3)27-14-33-21/h7-10,14-15,19-20,22,24,28,30,32H,11-13H2,1-6H3,(H,26,31)/t19-,20+,22-,24?/m1/s1. The van der Waals surface area contributed by atoms with Gasteiger partial charge >= 0.3 is 0 Å². The molecule has 33 heavy (non-hydrogen) atoms. The van der Waals surface area contributed by atoms with E-state index in [2.05, 4.69) is 36.4 Å². The van der Waals surface area contributed by atoms with Crippen LogP contribution in [0.3, 0.4) is 0 Å². The largest absolute Gasteiger partial charge is 0.392 e. The van der Waals surface area contributed by atoms with Crippen LogP contribution in [0.4, 0.5) is 0 Å². The van der Waals surface area contributed by atoms with Crippen LogP contribution in [0, 0.1) is 12.3 Å². The smallest absolute Gasteiger partial charge is 0.237 e. The fourth-order valence-electron chi connectivity index (χ4n) is 4.38. The molecule has 1 unspecified atom stereocenters. The van der Waals surface area contributed by atoms with Gasteiger partial charge in [0.1, 0.15) is 6.23 Å². The minimum atomic E-state index is -0.887. The van der Waals surface area contributed by atoms with Gasteiger partial charge in [0.2, 0.25) is 5.91 Å². The number of carbonyl (C=O) groups is 1. The van der Waals surface area contributed by atoms with Gasteiger partial charge in [0.05, 0.1) is 34.3 Å². The fraction of sp³-hybridized carbons (Fsp3) is 0.600. The Kier molecular flexibility index (Phi) is 8.29. The fourth-order valence-corrected chi connectivity index (χ4v) is 5.19. The van der Waals surface area contributed by atoms with Crippen molar-refractivity contribution in [3.8, 4) is 10.4 Å². The number of β-amino-alcohol motifs (C(OH)–C–C–N with tert-alkyl or cyclic N) is 1. The molecule has 1 saturated heterocycles. The highest BCUT2D eigenvalue weighted by molar-refractivity contribution is 7.13. The third-order valence-corrected chi connectivity index (χ3v) is 7.11. The van der Waals surface area contributed by atoms with Gasteiger partial charge < -0.3 is 20.8 Å². The predicted octanol–water partition coefficient (Wildman–Crippen LogP) is 2.90. The van der Waals surface area contributed by atoms with Crippen LogP contribution in [-0.4, -0.2) is 63.0 Å². The number of rotatable bonds is 8. The number of thiazole rings is 1. The molecule has 1 aromatic carbocycles. The monoisotopic (exact) mass is 474 g/mol. The first kappa shape index (κ1) is 25.8. The van der Waals surface area contributed by atoms with E-state index >= 15 is 0 Å². The molecule has 2 aromatic rings. The van der Waals surface area contributed by atoms with Crippen molar-refractivity contribution in [2.75, 3.05) is 6.54 Å². The third-order valence-electron chi connectivity index (χ3n) is 6.13. The summed E-state index contributed by atoms with van der Waals surface area (Å²) in [7, 11) is 0. The van der Waals surface area contributed by atoms with Crippen LogP contribution < -0.4 is 10.6 Å². The maximum absolute atomic E-state index is 13.1. The Bertz CT molecular complexity index is 922. The highest BCUT2D eigenvalue weighted by Crippen LogP contribution is 2.29. The lowest BCUT2D eigenvalue weighted by molar-refractivity contribution is -0.132. The Labute approximate surface area is 201 Å². The molecule has 0 saturated carbocycles. The molecule has 1 fully saturated rings. The summed E-state index contributed by atoms with van der Waals surface area (Å²) in [6, 6.07) is 7.46. The van der Waals surface area contributed by atoms with Gasteiger partial charge in [-0.15, -0.1) is 11.3 Å². The Morgan fingerprint density at radius 1 is 1.27 bits per heavy atom. The molecule has 0 bridgehead atoms. The van der Waals surface area contributed by atoms with Gasteiger partial charge in [0.25, 0.3) is 0 Å². The van der Waals surface area contributed by atoms with E-state index in [9.17, 15) is 15.0 Å². The number of aliphatic hydroxyl groups is 2. The number of aryl methyl sites for hydroxylation is 1. The molecule has 0 aliphatic carbocycles. The summed E-state index contributed by atoms with van der Waals surface area (Å²) >= 11 is 1.62. The van der Waals surface area contributed by atoms with Crippen LogP contribution in [0.2, 0.25) is 0 Å². The second-order valence-corrected chi connectivity index (χ2v) is 11.2. The Morgan fingerprint density at radius 3 is 2.48 bits per heavy atom. The Hall–Kier alpha value is -1.84. The first-order chi connectivity index (χ1) is 15.5. The van der Waals surface area contributed by atoms with Gasteiger partial charge in [-0.2, -0.15) is 0 Å². The van der Waals surface area contributed by atoms with E-state index in [1.165, 1.54) is 0 Å². The highest BCUT2D eigenvalue weighted by atomic mass is 32.1. The van der Waals surface area contributed by atoms with Crippen LogP contribution in [-0.2, 0) is 11.3 Å². The van der Waals surface area contributed by atoms with E-state index in [1.54, 1.807) is 16.2 Å². The second-order valence-electron chi connectivity index (χ2n) is 10.4. The normalized spacial score (nSPS) is 21.4. The average Bonchev–Trinajstić information content (AvgIpc) is 3.35. The number of aromatic nitrogens is 1. The molecule has 4 N–H and O–H groups in total. The lowest BCUT2D eigenvalue weighted by Gasteiger charge is -2.41. The Balaban J connectivity index is 1.66. The minimum Gasteiger partial charge on any atom is -0.392 e. The maximum Gasteiger partial charge on any atom is 0.237 e. The summed E-state index contributed by atoms with van der Waals surface area (Å²) in [5.74, 6) is -0.176. The van der Waals surface area contributed by atoms with Crippen LogP contribution in [0.1, 0.15) is 52.3 Å². The number of carbonyl (C=O) groups excluding carboxylic acids is 1. The molecule has 182 valence electrons. The number of hydrogen-bond acceptors (Lipinski definition) is 7. The molecule has 7 nitrogen and oxygen atoms in total. The summed E-state index contributed by atoms with van der Waals surface area (Å²) in [6.07, 6.45) is -1.22. The van der Waals surface area contributed by atoms with Gasteiger partial charge in [0.15, 0.2) is 0 Å². The first-order valence-corrected chi connectivity index (χ1v) is 12.5. The average molecular weight is 475 g/mol. The molecule has 1 aromatic heterocycles. The lowest BCUT2D eigenvalue weighted by Crippen LogP contribution is -2.60. The number of likely N-dealkylation sites (tertiary alicyclic amines) is 1. The zero-order valence-corrected chi connectivity index (χ0v) is 21.3. The molecule has 4 atom stereocenters. The molecule has 1 amide bonds. The van der Waals surface area contributed by atoms with Crippen LogP contribution >= 0.6 is 11.3 Å². The number of aliphatic hydroxyl groups excluding tert-OH is 2. The van der Waals surface area contributed by atoms with Crippen LogP contribution in [0.15, 0.2) is 29.8 Å². The van der Waals surface area contributed by atoms with Crippen molar-refractivity contribution in [3.63, 3.8) is 0 Å². The van der Waals surface area contributed by atoms with Crippen LogP contribution in [0.5, 0.6) is 0 Å². The summed E-state index contributed by atoms with van der Waals surface area (Å²) in [6.45, 7) is 12.9. The number of nitrogens with one attached hydrogen (secondary N) is 2. The highest BCUT2D eigenvalue weighted by Gasteiger charge is 2.44. The number of nitrogens with zero attached hydrogens (tertiary/aromatic N) is 2. The quantitative estimate of drug-likeness (QED) is 0.470. The maximum atomic E-state index is 13.1. The minimum absolute atomic E-state index is 0.176. The first-order valence-electron chi connectivity index (χ1n) is 11.6. The molecule has 2 heterocycles. The summed E-state index contributed by atoms with van der Waals surface area (Å²) in [4.78, 5) is 20.3. The van der Waals surface area contributed by atoms with Gasteiger partial charge in [0, 0.05) is 19.1 Å². The molecule has 0 radical (unpaired) electrons. The van der Waals surface area contributed by atoms with Crippen LogP contribution in [0.25, 0.3) is 10.4 Å². The summed E-state index contributed by atoms with van der Waals surface area (Å²) in [5, 5.41) is 28.0. The van der Waals surface area contributed by atoms with E-state index in [0.29, 0.717) is 13.0 Å². The second kappa shape index (κ2) is 10.6. The van der Waals surface area contributed by atoms with E-state index < -0.39 is 18.4 Å². The molecule has 0 spiro atoms. The van der Waals surface area contributed by atoms with Crippen molar-refractivity contribution in [1.29, 1.82) is 0 Å². The van der Waals surface area contributed by atoms with Gasteiger partial charge in [-0.25, -0.2) is 4.98 Å². The van der Waals surface area contributed by atoms with Crippen molar-refractivity contribution in [1.82, 2.24) is 20.5 Å². The molecule has 3 rings (SSSR count). The van der Waals surface area contributed by atoms with Crippen molar-refractivity contribution >= 4 is 17.2 Å². The topological polar surface area (TPSA) is 97.7 Å². The molecular formula is C25H38N4O3S. The number of amides is 1. The van der Waals surface area contributed by atoms with Crippen molar-refractivity contribution in [2.45, 2.75) is 85.0 Å². The zero-order valence-electron chi connectivity index (χ0n) is 20.5. The Morgan fingerprint density at radius 2 is 1.94 bits per heavy atom. The van der Waals surface area contributed by atoms with Crippen molar-refractivity contribution in [2.24, 2.45) is 5.41 Å². The van der Waals surface area contributed by atoms with Crippen molar-refractivity contribution in [3.05, 3.63) is 41.0 Å². The zero-order chi connectivity index (χ0) is 24.3. The SMILES string of the molecule is Cc1ncsc1-c1ccc(CNC(=O)[C@@H]2C[C@@H](O)CN2C(O)[C@@H](NC(C)C)C(C)(C)C)cc1. The van der Waals surface area contributed by atoms with E-state index in [4.69, 9.17) is 0 Å². The molecule has 1 aliphatic rings. The molecular weight excluding hydrogens is 436 g/mol. The predicted molar refractivity (Wildman–Crippen MR) is 133 cm³/mol. The van der Waals surface area contributed by atoms with Crippen molar-refractivity contribution < 1.29 is 15.0 Å². The number of hydrogen-bond donors (Lipinski definition) is 4. The summed E-state index contributed by atoms with van der Waals surface area (Å²) < 4.78 is 0. The van der Waals surface area contributed by atoms with Gasteiger partial charge in [-0.1, -0.05) is 58.9 Å². The summed E-state index contributed by atoms with van der Waals surface area (Å²) in [5.41, 5.74) is 4.74. The van der Waals surface area contributed by atoms with Gasteiger partial charge in [-0.3, -0.25) is 9.69 Å². The van der Waals surface area contributed by atoms with E-state index in [-0.39, 0.29) is 30.0 Å².